The van der Waals surface area contributed by atoms with Gasteiger partial charge in [0.05, 0.1) is 10.6 Å². The molecule has 0 aliphatic rings. The Balaban J connectivity index is 3.27. The van der Waals surface area contributed by atoms with Crippen molar-refractivity contribution in [2.24, 2.45) is 0 Å². The Labute approximate surface area is 76.2 Å². The van der Waals surface area contributed by atoms with Crippen LogP contribution in [0.4, 0.5) is 5.69 Å². The van der Waals surface area contributed by atoms with Crippen molar-refractivity contribution in [3.63, 3.8) is 0 Å². The number of phenolic OH excluding ortho intramolecular Hbond substituents is 1. The number of hydrogen-bond acceptors (Lipinski definition) is 4. The molecule has 13 heavy (non-hydrogen) atoms. The number of hydrogen-bond donors (Lipinski definition) is 3. The molecule has 0 atom stereocenters. The second-order valence-electron chi connectivity index (χ2n) is 2.43. The lowest BCUT2D eigenvalue weighted by atomic mass is 10.3. The summed E-state index contributed by atoms with van der Waals surface area (Å²) in [6.45, 7) is 0. The van der Waals surface area contributed by atoms with Crippen molar-refractivity contribution in [3.05, 3.63) is 18.2 Å². The minimum absolute atomic E-state index is 0.0123. The van der Waals surface area contributed by atoms with E-state index in [4.69, 9.17) is 10.8 Å². The fourth-order valence-electron chi connectivity index (χ4n) is 0.808. The highest BCUT2D eigenvalue weighted by Gasteiger charge is 2.12. The standard InChI is InChI=1S/C7H10N2O3S/c1-9-13(11,12)5-2-3-6(8)7(10)4-5/h2-4,9-10H,8H2,1H3. The number of rotatable bonds is 2. The summed E-state index contributed by atoms with van der Waals surface area (Å²) in [6.07, 6.45) is 0. The summed E-state index contributed by atoms with van der Waals surface area (Å²) in [5, 5.41) is 9.14. The molecule has 4 N–H and O–H groups in total. The van der Waals surface area contributed by atoms with E-state index in [0.717, 1.165) is 6.07 Å². The second-order valence-corrected chi connectivity index (χ2v) is 4.31. The van der Waals surface area contributed by atoms with Crippen molar-refractivity contribution in [2.45, 2.75) is 4.90 Å². The van der Waals surface area contributed by atoms with E-state index in [0.29, 0.717) is 0 Å². The molecule has 6 heteroatoms. The maximum absolute atomic E-state index is 11.2. The Morgan fingerprint density at radius 3 is 2.54 bits per heavy atom. The minimum Gasteiger partial charge on any atom is -0.506 e. The molecule has 1 aromatic rings. The van der Waals surface area contributed by atoms with Gasteiger partial charge in [-0.2, -0.15) is 0 Å². The molecule has 1 aromatic carbocycles. The summed E-state index contributed by atoms with van der Waals surface area (Å²) < 4.78 is 24.5. The first-order chi connectivity index (χ1) is 5.97. The van der Waals surface area contributed by atoms with Gasteiger partial charge in [-0.05, 0) is 19.2 Å². The van der Waals surface area contributed by atoms with E-state index in [9.17, 15) is 8.42 Å². The maximum atomic E-state index is 11.2. The number of nitrogens with one attached hydrogen (secondary N) is 1. The molecule has 0 unspecified atom stereocenters. The van der Waals surface area contributed by atoms with E-state index in [1.54, 1.807) is 0 Å². The smallest absolute Gasteiger partial charge is 0.240 e. The summed E-state index contributed by atoms with van der Waals surface area (Å²) in [7, 11) is -2.21. The zero-order valence-corrected chi connectivity index (χ0v) is 7.80. The first-order valence-corrected chi connectivity index (χ1v) is 4.98. The van der Waals surface area contributed by atoms with Gasteiger partial charge in [0, 0.05) is 6.07 Å². The summed E-state index contributed by atoms with van der Waals surface area (Å²) >= 11 is 0. The average Bonchev–Trinajstić information content (AvgIpc) is 2.09. The zero-order valence-electron chi connectivity index (χ0n) is 6.98. The number of nitrogens with two attached hydrogens (primary N) is 1. The monoisotopic (exact) mass is 202 g/mol. The van der Waals surface area contributed by atoms with Gasteiger partial charge in [0.1, 0.15) is 5.75 Å². The topological polar surface area (TPSA) is 92.4 Å². The third kappa shape index (κ3) is 1.90. The van der Waals surface area contributed by atoms with Crippen molar-refractivity contribution in [2.75, 3.05) is 12.8 Å². The van der Waals surface area contributed by atoms with Crippen LogP contribution in [0.1, 0.15) is 0 Å². The Kier molecular flexibility index (Phi) is 2.44. The highest BCUT2D eigenvalue weighted by atomic mass is 32.2. The van der Waals surface area contributed by atoms with Crippen LogP contribution in [0, 0.1) is 0 Å². The van der Waals surface area contributed by atoms with Crippen molar-refractivity contribution >= 4 is 15.7 Å². The van der Waals surface area contributed by atoms with Crippen molar-refractivity contribution in [1.29, 1.82) is 0 Å². The molecule has 0 fully saturated rings. The number of aromatic hydroxyl groups is 1. The van der Waals surface area contributed by atoms with E-state index in [1.165, 1.54) is 19.2 Å². The number of sulfonamides is 1. The summed E-state index contributed by atoms with van der Waals surface area (Å²) in [6, 6.07) is 3.75. The van der Waals surface area contributed by atoms with Crippen LogP contribution in [0.3, 0.4) is 0 Å². The van der Waals surface area contributed by atoms with Crippen LogP contribution in [0.2, 0.25) is 0 Å². The molecule has 5 nitrogen and oxygen atoms in total. The molecule has 0 spiro atoms. The molecule has 1 rings (SSSR count). The average molecular weight is 202 g/mol. The molecule has 0 aromatic heterocycles. The second kappa shape index (κ2) is 3.23. The van der Waals surface area contributed by atoms with E-state index >= 15 is 0 Å². The molecule has 0 aliphatic heterocycles. The normalized spacial score (nSPS) is 11.5. The van der Waals surface area contributed by atoms with Gasteiger partial charge < -0.3 is 10.8 Å². The minimum atomic E-state index is -3.50. The lowest BCUT2D eigenvalue weighted by Gasteiger charge is -2.03. The van der Waals surface area contributed by atoms with Crippen LogP contribution in [0.25, 0.3) is 0 Å². The van der Waals surface area contributed by atoms with Gasteiger partial charge >= 0.3 is 0 Å². The Morgan fingerprint density at radius 2 is 2.08 bits per heavy atom. The molecular weight excluding hydrogens is 192 g/mol. The molecule has 0 aliphatic carbocycles. The van der Waals surface area contributed by atoms with Gasteiger partial charge in [-0.3, -0.25) is 0 Å². The van der Waals surface area contributed by atoms with E-state index in [2.05, 4.69) is 4.72 Å². The lowest BCUT2D eigenvalue weighted by Crippen LogP contribution is -2.18. The number of anilines is 1. The van der Waals surface area contributed by atoms with Crippen molar-refractivity contribution in [1.82, 2.24) is 4.72 Å². The van der Waals surface area contributed by atoms with Crippen molar-refractivity contribution < 1.29 is 13.5 Å². The Morgan fingerprint density at radius 1 is 1.46 bits per heavy atom. The maximum Gasteiger partial charge on any atom is 0.240 e. The van der Waals surface area contributed by atoms with Crippen LogP contribution in [0.5, 0.6) is 5.75 Å². The molecule has 72 valence electrons. The van der Waals surface area contributed by atoms with E-state index in [-0.39, 0.29) is 16.3 Å². The van der Waals surface area contributed by atoms with Crippen LogP contribution in [-0.4, -0.2) is 20.6 Å². The third-order valence-corrected chi connectivity index (χ3v) is 2.99. The van der Waals surface area contributed by atoms with Gasteiger partial charge in [-0.15, -0.1) is 0 Å². The Hall–Kier alpha value is -1.27. The van der Waals surface area contributed by atoms with Crippen molar-refractivity contribution in [3.8, 4) is 5.75 Å². The van der Waals surface area contributed by atoms with Crippen LogP contribution in [0.15, 0.2) is 23.1 Å². The van der Waals surface area contributed by atoms with Crippen LogP contribution < -0.4 is 10.5 Å². The molecule has 0 amide bonds. The summed E-state index contributed by atoms with van der Waals surface area (Å²) in [5.74, 6) is -0.240. The molecule has 0 saturated carbocycles. The van der Waals surface area contributed by atoms with Crippen LogP contribution in [-0.2, 0) is 10.0 Å². The predicted molar refractivity (Wildman–Crippen MR) is 48.8 cm³/mol. The first-order valence-electron chi connectivity index (χ1n) is 3.49. The molecule has 0 heterocycles. The molecule has 0 radical (unpaired) electrons. The van der Waals surface area contributed by atoms with Gasteiger partial charge in [0.25, 0.3) is 0 Å². The molecule has 0 saturated heterocycles. The van der Waals surface area contributed by atoms with Gasteiger partial charge in [0.15, 0.2) is 0 Å². The zero-order chi connectivity index (χ0) is 10.1. The third-order valence-electron chi connectivity index (χ3n) is 1.58. The van der Waals surface area contributed by atoms with E-state index in [1.807, 2.05) is 0 Å². The van der Waals surface area contributed by atoms with Crippen LogP contribution >= 0.6 is 0 Å². The first kappa shape index (κ1) is 9.82. The highest BCUT2D eigenvalue weighted by molar-refractivity contribution is 7.89. The summed E-state index contributed by atoms with van der Waals surface area (Å²) in [4.78, 5) is -0.0123. The number of phenols is 1. The van der Waals surface area contributed by atoms with Gasteiger partial charge in [-0.25, -0.2) is 13.1 Å². The number of nitrogen functional groups attached to an aromatic ring is 1. The largest absolute Gasteiger partial charge is 0.506 e. The predicted octanol–water partition coefficient (Wildman–Crippen LogP) is -0.118. The van der Waals surface area contributed by atoms with Gasteiger partial charge in [-0.1, -0.05) is 0 Å². The molecule has 0 bridgehead atoms. The fourth-order valence-corrected chi connectivity index (χ4v) is 1.56. The SMILES string of the molecule is CNS(=O)(=O)c1ccc(N)c(O)c1. The Bertz CT molecular complexity index is 414. The summed E-state index contributed by atoms with van der Waals surface area (Å²) in [5.41, 5.74) is 5.46. The molecular formula is C7H10N2O3S. The van der Waals surface area contributed by atoms with E-state index < -0.39 is 10.0 Å². The lowest BCUT2D eigenvalue weighted by molar-refractivity contribution is 0.476. The quantitative estimate of drug-likeness (QED) is 0.460. The highest BCUT2D eigenvalue weighted by Crippen LogP contribution is 2.22. The fraction of sp³-hybridized carbons (Fsp3) is 0.143. The number of benzene rings is 1. The van der Waals surface area contributed by atoms with Gasteiger partial charge in [0.2, 0.25) is 10.0 Å².